The van der Waals surface area contributed by atoms with Crippen LogP contribution in [0.15, 0.2) is 41.3 Å². The molecule has 0 bridgehead atoms. The highest BCUT2D eigenvalue weighted by Gasteiger charge is 2.29. The number of hydrogen-bond donors (Lipinski definition) is 2. The summed E-state index contributed by atoms with van der Waals surface area (Å²) in [6, 6.07) is 8.01. The Labute approximate surface area is 150 Å². The molecule has 0 saturated carbocycles. The maximum absolute atomic E-state index is 13.5. The van der Waals surface area contributed by atoms with Crippen molar-refractivity contribution in [2.45, 2.75) is 17.4 Å². The number of rotatable bonds is 6. The van der Waals surface area contributed by atoms with E-state index in [1.165, 1.54) is 20.1 Å². The molecule has 0 aliphatic carbocycles. The Morgan fingerprint density at radius 3 is 2.69 bits per heavy atom. The van der Waals surface area contributed by atoms with Gasteiger partial charge in [-0.25, -0.2) is 17.5 Å². The van der Waals surface area contributed by atoms with Crippen molar-refractivity contribution >= 4 is 10.0 Å². The minimum Gasteiger partial charge on any atom is -0.495 e. The number of hydrogen-bond acceptors (Lipinski definition) is 6. The Hall–Kier alpha value is -2.36. The van der Waals surface area contributed by atoms with Crippen LogP contribution in [-0.2, 0) is 15.6 Å². The normalized spacial score (nSPS) is 15.5. The van der Waals surface area contributed by atoms with Crippen molar-refractivity contribution in [2.75, 3.05) is 20.4 Å². The molecule has 0 radical (unpaired) electrons. The van der Waals surface area contributed by atoms with Crippen molar-refractivity contribution in [1.29, 1.82) is 0 Å². The van der Waals surface area contributed by atoms with Gasteiger partial charge in [0.05, 0.1) is 7.11 Å². The Morgan fingerprint density at radius 1 is 1.23 bits per heavy atom. The summed E-state index contributed by atoms with van der Waals surface area (Å²) in [5.74, 6) is 0.308. The Morgan fingerprint density at radius 2 is 1.96 bits per heavy atom. The molecule has 26 heavy (non-hydrogen) atoms. The number of halogens is 1. The zero-order chi connectivity index (χ0) is 18.9. The minimum absolute atomic E-state index is 0.00150. The summed E-state index contributed by atoms with van der Waals surface area (Å²) in [6.07, 6.45) is 0. The fourth-order valence-electron chi connectivity index (χ4n) is 2.51. The zero-order valence-electron chi connectivity index (χ0n) is 14.2. The lowest BCUT2D eigenvalue weighted by atomic mass is 9.96. The molecule has 1 unspecified atom stereocenters. The van der Waals surface area contributed by atoms with Crippen LogP contribution in [0, 0.1) is 5.82 Å². The zero-order valence-corrected chi connectivity index (χ0v) is 15.0. The molecule has 1 aliphatic rings. The van der Waals surface area contributed by atoms with Gasteiger partial charge in [0.25, 0.3) is 0 Å². The second-order valence-corrected chi connectivity index (χ2v) is 7.70. The molecule has 2 aromatic rings. The second-order valence-electron chi connectivity index (χ2n) is 5.96. The smallest absolute Gasteiger partial charge is 0.244 e. The topological polar surface area (TPSA) is 94.1 Å². The highest BCUT2D eigenvalue weighted by atomic mass is 32.2. The van der Waals surface area contributed by atoms with Gasteiger partial charge in [0, 0.05) is 6.54 Å². The van der Waals surface area contributed by atoms with Crippen molar-refractivity contribution < 1.29 is 32.1 Å². The van der Waals surface area contributed by atoms with Crippen LogP contribution in [-0.4, -0.2) is 34.0 Å². The molecule has 0 aromatic heterocycles. The van der Waals surface area contributed by atoms with Crippen LogP contribution in [0.25, 0.3) is 0 Å². The molecule has 0 spiro atoms. The van der Waals surface area contributed by atoms with E-state index in [0.717, 1.165) is 12.1 Å². The lowest BCUT2D eigenvalue weighted by molar-refractivity contribution is 0.0625. The predicted molar refractivity (Wildman–Crippen MR) is 90.3 cm³/mol. The van der Waals surface area contributed by atoms with Gasteiger partial charge in [0.1, 0.15) is 22.1 Å². The van der Waals surface area contributed by atoms with Gasteiger partial charge in [-0.3, -0.25) is 0 Å². The molecule has 140 valence electrons. The molecule has 3 rings (SSSR count). The van der Waals surface area contributed by atoms with E-state index in [0.29, 0.717) is 17.1 Å². The number of benzene rings is 2. The fourth-order valence-corrected chi connectivity index (χ4v) is 3.82. The molecule has 0 amide bonds. The summed E-state index contributed by atoms with van der Waals surface area (Å²) in [6.45, 7) is 1.21. The van der Waals surface area contributed by atoms with E-state index in [4.69, 9.17) is 14.2 Å². The number of methoxy groups -OCH3 is 1. The largest absolute Gasteiger partial charge is 0.495 e. The third-order valence-electron chi connectivity index (χ3n) is 4.02. The third-order valence-corrected chi connectivity index (χ3v) is 5.44. The number of sulfonamides is 1. The van der Waals surface area contributed by atoms with E-state index >= 15 is 0 Å². The fraction of sp³-hybridized carbons (Fsp3) is 0.294. The summed E-state index contributed by atoms with van der Waals surface area (Å²) in [5, 5.41) is 10.7. The van der Waals surface area contributed by atoms with E-state index in [1.54, 1.807) is 18.2 Å². The van der Waals surface area contributed by atoms with Crippen molar-refractivity contribution in [1.82, 2.24) is 4.72 Å². The van der Waals surface area contributed by atoms with Gasteiger partial charge in [-0.15, -0.1) is 0 Å². The minimum atomic E-state index is -4.11. The van der Waals surface area contributed by atoms with Crippen LogP contribution in [0.1, 0.15) is 12.5 Å². The molecule has 1 aliphatic heterocycles. The number of fused-ring (bicyclic) bond motifs is 1. The molecule has 9 heteroatoms. The van der Waals surface area contributed by atoms with Crippen LogP contribution >= 0.6 is 0 Å². The van der Waals surface area contributed by atoms with Crippen LogP contribution in [0.5, 0.6) is 17.2 Å². The molecule has 0 fully saturated rings. The summed E-state index contributed by atoms with van der Waals surface area (Å²) in [4.78, 5) is -0.346. The van der Waals surface area contributed by atoms with E-state index < -0.39 is 21.4 Å². The monoisotopic (exact) mass is 383 g/mol. The van der Waals surface area contributed by atoms with Gasteiger partial charge in [-0.05, 0) is 42.8 Å². The lowest BCUT2D eigenvalue weighted by Gasteiger charge is -2.24. The Kier molecular flexibility index (Phi) is 4.78. The predicted octanol–water partition coefficient (Wildman–Crippen LogP) is 1.75. The first-order valence-electron chi connectivity index (χ1n) is 7.69. The number of nitrogens with one attached hydrogen (secondary N) is 1. The van der Waals surface area contributed by atoms with Crippen LogP contribution in [0.3, 0.4) is 0 Å². The van der Waals surface area contributed by atoms with E-state index in [1.807, 2.05) is 0 Å². The van der Waals surface area contributed by atoms with Gasteiger partial charge in [-0.1, -0.05) is 6.07 Å². The van der Waals surface area contributed by atoms with Crippen LogP contribution < -0.4 is 18.9 Å². The summed E-state index contributed by atoms with van der Waals surface area (Å²) in [7, 11) is -2.82. The lowest BCUT2D eigenvalue weighted by Crippen LogP contribution is -2.38. The third kappa shape index (κ3) is 3.59. The number of ether oxygens (including phenoxy) is 3. The highest BCUT2D eigenvalue weighted by Crippen LogP contribution is 2.35. The standard InChI is InChI=1S/C17H18FNO6S/c1-17(20,11-3-5-13-15(7-11)25-10-24-13)9-19-26(21,22)16-8-12(18)4-6-14(16)23-2/h3-8,19-20H,9-10H2,1-2H3. The maximum Gasteiger partial charge on any atom is 0.244 e. The first-order valence-corrected chi connectivity index (χ1v) is 9.17. The molecular weight excluding hydrogens is 365 g/mol. The van der Waals surface area contributed by atoms with Crippen LogP contribution in [0.2, 0.25) is 0 Å². The molecular formula is C17H18FNO6S. The SMILES string of the molecule is COc1ccc(F)cc1S(=O)(=O)NCC(C)(O)c1ccc2c(c1)OCO2. The second kappa shape index (κ2) is 6.75. The Bertz CT molecular complexity index is 929. The number of aliphatic hydroxyl groups is 1. The molecule has 0 saturated heterocycles. The first-order chi connectivity index (χ1) is 12.2. The van der Waals surface area contributed by atoms with E-state index in [9.17, 15) is 17.9 Å². The molecule has 1 heterocycles. The highest BCUT2D eigenvalue weighted by molar-refractivity contribution is 7.89. The maximum atomic E-state index is 13.5. The van der Waals surface area contributed by atoms with E-state index in [-0.39, 0.29) is 24.0 Å². The summed E-state index contributed by atoms with van der Waals surface area (Å²) in [5.41, 5.74) is -1.09. The average molecular weight is 383 g/mol. The van der Waals surface area contributed by atoms with Gasteiger partial charge in [0.15, 0.2) is 11.5 Å². The first kappa shape index (κ1) is 18.4. The van der Waals surface area contributed by atoms with Gasteiger partial charge < -0.3 is 19.3 Å². The molecule has 7 nitrogen and oxygen atoms in total. The van der Waals surface area contributed by atoms with Crippen molar-refractivity contribution in [3.05, 3.63) is 47.8 Å². The quantitative estimate of drug-likeness (QED) is 0.789. The van der Waals surface area contributed by atoms with Gasteiger partial charge >= 0.3 is 0 Å². The van der Waals surface area contributed by atoms with Gasteiger partial charge in [-0.2, -0.15) is 0 Å². The van der Waals surface area contributed by atoms with Crippen molar-refractivity contribution in [3.63, 3.8) is 0 Å². The summed E-state index contributed by atoms with van der Waals surface area (Å²) >= 11 is 0. The van der Waals surface area contributed by atoms with Gasteiger partial charge in [0.2, 0.25) is 16.8 Å². The summed E-state index contributed by atoms with van der Waals surface area (Å²) < 4.78 is 56.2. The molecule has 2 N–H and O–H groups in total. The Balaban J connectivity index is 1.82. The van der Waals surface area contributed by atoms with E-state index in [2.05, 4.69) is 4.72 Å². The molecule has 2 aromatic carbocycles. The van der Waals surface area contributed by atoms with Crippen molar-refractivity contribution in [2.24, 2.45) is 0 Å². The average Bonchev–Trinajstić information content (AvgIpc) is 3.08. The van der Waals surface area contributed by atoms with Crippen molar-refractivity contribution in [3.8, 4) is 17.2 Å². The van der Waals surface area contributed by atoms with Crippen LogP contribution in [0.4, 0.5) is 4.39 Å². The molecule has 1 atom stereocenters.